The van der Waals surface area contributed by atoms with E-state index in [2.05, 4.69) is 86.8 Å². The molecule has 0 spiro atoms. The highest BCUT2D eigenvalue weighted by molar-refractivity contribution is 5.77. The van der Waals surface area contributed by atoms with E-state index >= 15 is 0 Å². The van der Waals surface area contributed by atoms with Gasteiger partial charge in [-0.25, -0.2) is 0 Å². The summed E-state index contributed by atoms with van der Waals surface area (Å²) in [5.74, 6) is -0.532. The van der Waals surface area contributed by atoms with Gasteiger partial charge in [0.05, 0.1) is 25.2 Å². The van der Waals surface area contributed by atoms with E-state index in [4.69, 9.17) is 4.74 Å². The van der Waals surface area contributed by atoms with Crippen molar-refractivity contribution in [3.8, 4) is 0 Å². The molecule has 63 heavy (non-hydrogen) atoms. The van der Waals surface area contributed by atoms with Crippen LogP contribution in [0.15, 0.2) is 85.1 Å². The van der Waals surface area contributed by atoms with Crippen LogP contribution in [0.3, 0.4) is 0 Å². The molecule has 0 aromatic rings. The van der Waals surface area contributed by atoms with Gasteiger partial charge in [0.1, 0.15) is 6.10 Å². The van der Waals surface area contributed by atoms with E-state index in [9.17, 15) is 19.8 Å². The van der Waals surface area contributed by atoms with Gasteiger partial charge in [0.15, 0.2) is 0 Å². The molecule has 0 saturated heterocycles. The lowest BCUT2D eigenvalue weighted by atomic mass is 10.0. The Morgan fingerprint density at radius 2 is 0.841 bits per heavy atom. The minimum Gasteiger partial charge on any atom is -0.462 e. The molecule has 0 fully saturated rings. The summed E-state index contributed by atoms with van der Waals surface area (Å²) in [6.45, 7) is 6.36. The summed E-state index contributed by atoms with van der Waals surface area (Å²) in [5.41, 5.74) is 0. The third-order valence-corrected chi connectivity index (χ3v) is 11.6. The second-order valence-corrected chi connectivity index (χ2v) is 17.7. The Morgan fingerprint density at radius 3 is 1.32 bits per heavy atom. The van der Waals surface area contributed by atoms with Gasteiger partial charge in [-0.2, -0.15) is 0 Å². The van der Waals surface area contributed by atoms with Crippen molar-refractivity contribution in [2.24, 2.45) is 0 Å². The molecule has 0 heterocycles. The first kappa shape index (κ1) is 60.0. The number of amides is 1. The molecule has 0 rings (SSSR count). The van der Waals surface area contributed by atoms with Crippen LogP contribution in [-0.2, 0) is 14.3 Å². The second kappa shape index (κ2) is 50.0. The summed E-state index contributed by atoms with van der Waals surface area (Å²) in [7, 11) is 0. The van der Waals surface area contributed by atoms with Gasteiger partial charge in [-0.15, -0.1) is 0 Å². The van der Waals surface area contributed by atoms with Crippen LogP contribution in [0.25, 0.3) is 0 Å². The van der Waals surface area contributed by atoms with Crippen molar-refractivity contribution in [2.45, 2.75) is 257 Å². The van der Waals surface area contributed by atoms with E-state index in [0.29, 0.717) is 19.3 Å². The summed E-state index contributed by atoms with van der Waals surface area (Å²) in [4.78, 5) is 26.2. The minimum absolute atomic E-state index is 0.0451. The monoisotopic (exact) mass is 878 g/mol. The van der Waals surface area contributed by atoms with E-state index in [-0.39, 0.29) is 24.9 Å². The van der Waals surface area contributed by atoms with Crippen molar-refractivity contribution in [1.29, 1.82) is 0 Å². The lowest BCUT2D eigenvalue weighted by molar-refractivity contribution is -0.151. The molecule has 0 radical (unpaired) electrons. The number of aliphatic hydroxyl groups excluding tert-OH is 2. The summed E-state index contributed by atoms with van der Waals surface area (Å²) in [5, 5.41) is 23.7. The maximum Gasteiger partial charge on any atom is 0.306 e. The molecule has 6 heteroatoms. The maximum atomic E-state index is 13.2. The Hall–Kier alpha value is -2.96. The Labute approximate surface area is 389 Å². The number of hydrogen-bond acceptors (Lipinski definition) is 5. The molecule has 0 bridgehead atoms. The molecular formula is C57H99NO5. The fraction of sp³-hybridized carbons (Fsp3) is 0.719. The van der Waals surface area contributed by atoms with Gasteiger partial charge in [0.2, 0.25) is 5.91 Å². The Bertz CT molecular complexity index is 1210. The zero-order valence-electron chi connectivity index (χ0n) is 41.2. The number of allylic oxidation sites excluding steroid dienone is 14. The number of carbonyl (C=O) groups is 2. The van der Waals surface area contributed by atoms with Crippen molar-refractivity contribution in [3.05, 3.63) is 85.1 Å². The molecule has 0 aliphatic rings. The SMILES string of the molecule is CCC/C=C/C=C/C=C/C=C/C=C/CCCCCCCC(=O)OC(CCCCC/C=C/C=C/CCCCCCCCC)CC(=O)NC(CO)C(O)CCCCCCCCCCCC. The third kappa shape index (κ3) is 45.4. The molecular weight excluding hydrogens is 779 g/mol. The summed E-state index contributed by atoms with van der Waals surface area (Å²) >= 11 is 0. The Kier molecular flexibility index (Phi) is 47.7. The van der Waals surface area contributed by atoms with Gasteiger partial charge in [-0.1, -0.05) is 241 Å². The first-order valence-corrected chi connectivity index (χ1v) is 26.4. The Balaban J connectivity index is 4.70. The van der Waals surface area contributed by atoms with Gasteiger partial charge >= 0.3 is 5.97 Å². The second-order valence-electron chi connectivity index (χ2n) is 17.7. The van der Waals surface area contributed by atoms with Crippen LogP contribution in [0.5, 0.6) is 0 Å². The van der Waals surface area contributed by atoms with Crippen LogP contribution in [-0.4, -0.2) is 46.9 Å². The number of ether oxygens (including phenoxy) is 1. The van der Waals surface area contributed by atoms with Crippen LogP contribution in [0, 0.1) is 0 Å². The summed E-state index contributed by atoms with van der Waals surface area (Å²) in [6.07, 6.45) is 64.9. The van der Waals surface area contributed by atoms with Crippen LogP contribution in [0.1, 0.15) is 239 Å². The average molecular weight is 878 g/mol. The molecule has 0 aliphatic carbocycles. The van der Waals surface area contributed by atoms with Crippen molar-refractivity contribution < 1.29 is 24.5 Å². The average Bonchev–Trinajstić information content (AvgIpc) is 3.28. The molecule has 0 aromatic heterocycles. The number of hydrogen-bond donors (Lipinski definition) is 3. The quantitative estimate of drug-likeness (QED) is 0.0322. The van der Waals surface area contributed by atoms with Crippen molar-refractivity contribution in [3.63, 3.8) is 0 Å². The van der Waals surface area contributed by atoms with E-state index in [1.54, 1.807) is 0 Å². The first-order valence-electron chi connectivity index (χ1n) is 26.4. The van der Waals surface area contributed by atoms with E-state index in [1.807, 2.05) is 24.3 Å². The zero-order valence-corrected chi connectivity index (χ0v) is 41.2. The molecule has 0 saturated carbocycles. The highest BCUT2D eigenvalue weighted by Crippen LogP contribution is 2.17. The zero-order chi connectivity index (χ0) is 45.9. The predicted molar refractivity (Wildman–Crippen MR) is 273 cm³/mol. The third-order valence-electron chi connectivity index (χ3n) is 11.6. The fourth-order valence-electron chi connectivity index (χ4n) is 7.57. The number of aliphatic hydroxyl groups is 2. The molecule has 0 aromatic carbocycles. The van der Waals surface area contributed by atoms with Gasteiger partial charge in [-0.05, 0) is 70.6 Å². The number of esters is 1. The highest BCUT2D eigenvalue weighted by Gasteiger charge is 2.24. The lowest BCUT2D eigenvalue weighted by Gasteiger charge is -2.24. The molecule has 3 atom stereocenters. The normalized spacial score (nSPS) is 13.9. The largest absolute Gasteiger partial charge is 0.462 e. The topological polar surface area (TPSA) is 95.9 Å². The van der Waals surface area contributed by atoms with Crippen molar-refractivity contribution in [1.82, 2.24) is 5.32 Å². The molecule has 0 aliphatic heterocycles. The van der Waals surface area contributed by atoms with Gasteiger partial charge < -0.3 is 20.3 Å². The van der Waals surface area contributed by atoms with Crippen LogP contribution in [0.4, 0.5) is 0 Å². The number of nitrogens with one attached hydrogen (secondary N) is 1. The van der Waals surface area contributed by atoms with Gasteiger partial charge in [-0.3, -0.25) is 9.59 Å². The Morgan fingerprint density at radius 1 is 0.460 bits per heavy atom. The number of carbonyl (C=O) groups excluding carboxylic acids is 2. The predicted octanol–water partition coefficient (Wildman–Crippen LogP) is 16.0. The summed E-state index contributed by atoms with van der Waals surface area (Å²) in [6, 6.07) is -0.719. The standard InChI is InChI=1S/C57H99NO5/c1-4-7-10-13-16-19-22-24-26-28-29-31-33-35-38-41-44-47-50-57(62)63-53(48-45-42-39-36-34-32-30-27-25-23-20-17-14-11-8-5-2)51-56(61)58-54(52-59)55(60)49-46-43-40-37-21-18-15-12-9-6-3/h10,13,16,19,22,24,26-32,34,53-55,59-60H,4-9,11-12,14-15,17-18,20-21,23,25,33,35-52H2,1-3H3,(H,58,61)/b13-10+,19-16+,24-22+,28-26+,30-27+,31-29+,34-32+. The smallest absolute Gasteiger partial charge is 0.306 e. The van der Waals surface area contributed by atoms with E-state index in [1.165, 1.54) is 96.3 Å². The van der Waals surface area contributed by atoms with Gasteiger partial charge in [0.25, 0.3) is 0 Å². The van der Waals surface area contributed by atoms with E-state index in [0.717, 1.165) is 96.3 Å². The molecule has 3 N–H and O–H groups in total. The first-order chi connectivity index (χ1) is 31.0. The summed E-state index contributed by atoms with van der Waals surface area (Å²) < 4.78 is 5.92. The maximum absolute atomic E-state index is 13.2. The highest BCUT2D eigenvalue weighted by atomic mass is 16.5. The van der Waals surface area contributed by atoms with Crippen molar-refractivity contribution in [2.75, 3.05) is 6.61 Å². The fourth-order valence-corrected chi connectivity index (χ4v) is 7.57. The van der Waals surface area contributed by atoms with E-state index < -0.39 is 18.2 Å². The lowest BCUT2D eigenvalue weighted by Crippen LogP contribution is -2.46. The molecule has 3 unspecified atom stereocenters. The molecule has 362 valence electrons. The number of rotatable bonds is 46. The van der Waals surface area contributed by atoms with Crippen LogP contribution >= 0.6 is 0 Å². The minimum atomic E-state index is -0.803. The van der Waals surface area contributed by atoms with Crippen LogP contribution < -0.4 is 5.32 Å². The van der Waals surface area contributed by atoms with Gasteiger partial charge in [0, 0.05) is 6.42 Å². The van der Waals surface area contributed by atoms with Crippen LogP contribution in [0.2, 0.25) is 0 Å². The number of unbranched alkanes of at least 4 members (excludes halogenated alkanes) is 25. The molecule has 6 nitrogen and oxygen atoms in total. The molecule has 1 amide bonds. The van der Waals surface area contributed by atoms with Crippen molar-refractivity contribution >= 4 is 11.9 Å².